The molecule has 7 nitrogen and oxygen atoms in total. The van der Waals surface area contributed by atoms with E-state index >= 15 is 0 Å². The molecule has 0 aliphatic heterocycles. The number of hydrogen-bond donors (Lipinski definition) is 1. The van der Waals surface area contributed by atoms with Crippen LogP contribution in [0.15, 0.2) is 9.68 Å². The second-order valence-corrected chi connectivity index (χ2v) is 4.45. The van der Waals surface area contributed by atoms with Crippen LogP contribution in [0.1, 0.15) is 17.5 Å². The largest absolute Gasteiger partial charge is 0.340 e. The van der Waals surface area contributed by atoms with Crippen LogP contribution in [0.3, 0.4) is 0 Å². The minimum absolute atomic E-state index is 0.578. The number of rotatable bonds is 5. The van der Waals surface area contributed by atoms with E-state index in [1.807, 2.05) is 18.7 Å². The predicted octanol–water partition coefficient (Wildman–Crippen LogP) is 0.518. The fraction of sp³-hybridized carbons (Fsp3) is 0.556. The van der Waals surface area contributed by atoms with Gasteiger partial charge in [0.05, 0.1) is 12.3 Å². The van der Waals surface area contributed by atoms with Gasteiger partial charge in [-0.3, -0.25) is 0 Å². The molecule has 0 saturated carbocycles. The highest BCUT2D eigenvalue weighted by molar-refractivity contribution is 7.98. The number of hydrogen-bond acceptors (Lipinski definition) is 7. The number of aryl methyl sites for hydroxylation is 1. The summed E-state index contributed by atoms with van der Waals surface area (Å²) in [4.78, 5) is 4.13. The molecule has 0 aliphatic carbocycles. The number of nitrogens with one attached hydrogen (secondary N) is 1. The van der Waals surface area contributed by atoms with Gasteiger partial charge in [-0.2, -0.15) is 4.98 Å². The van der Waals surface area contributed by atoms with E-state index in [9.17, 15) is 0 Å². The van der Waals surface area contributed by atoms with Gasteiger partial charge in [0, 0.05) is 14.0 Å². The van der Waals surface area contributed by atoms with Gasteiger partial charge in [-0.15, -0.1) is 10.2 Å². The lowest BCUT2D eigenvalue weighted by Crippen LogP contribution is -2.10. The third-order valence-electron chi connectivity index (χ3n) is 2.16. The number of thioether (sulfide) groups is 1. The highest BCUT2D eigenvalue weighted by atomic mass is 32.2. The zero-order valence-electron chi connectivity index (χ0n) is 9.97. The molecule has 0 aliphatic rings. The van der Waals surface area contributed by atoms with Gasteiger partial charge in [-0.1, -0.05) is 16.9 Å². The molecule has 2 rings (SSSR count). The topological polar surface area (TPSA) is 81.7 Å². The Bertz CT molecular complexity index is 493. The highest BCUT2D eigenvalue weighted by Gasteiger charge is 2.10. The molecular formula is C9H14N6OS. The maximum absolute atomic E-state index is 4.90. The van der Waals surface area contributed by atoms with Crippen molar-refractivity contribution in [1.29, 1.82) is 0 Å². The first-order valence-electron chi connectivity index (χ1n) is 5.15. The van der Waals surface area contributed by atoms with Crippen molar-refractivity contribution in [3.63, 3.8) is 0 Å². The average Bonchev–Trinajstić information content (AvgIpc) is 2.86. The second kappa shape index (κ2) is 5.28. The fourth-order valence-electron chi connectivity index (χ4n) is 1.31. The Hall–Kier alpha value is -1.41. The van der Waals surface area contributed by atoms with E-state index in [0.717, 1.165) is 11.0 Å². The van der Waals surface area contributed by atoms with Gasteiger partial charge in [0.1, 0.15) is 5.82 Å². The average molecular weight is 254 g/mol. The van der Waals surface area contributed by atoms with E-state index in [1.165, 1.54) is 11.8 Å². The van der Waals surface area contributed by atoms with Crippen LogP contribution >= 0.6 is 11.8 Å². The van der Waals surface area contributed by atoms with Crippen LogP contribution in [-0.4, -0.2) is 32.0 Å². The second-order valence-electron chi connectivity index (χ2n) is 3.51. The van der Waals surface area contributed by atoms with Gasteiger partial charge in [-0.25, -0.2) is 0 Å². The van der Waals surface area contributed by atoms with Crippen LogP contribution in [0, 0.1) is 6.92 Å². The van der Waals surface area contributed by atoms with Crippen molar-refractivity contribution in [3.05, 3.63) is 17.5 Å². The maximum Gasteiger partial charge on any atom is 0.223 e. The monoisotopic (exact) mass is 254 g/mol. The molecule has 17 heavy (non-hydrogen) atoms. The van der Waals surface area contributed by atoms with Crippen molar-refractivity contribution in [1.82, 2.24) is 30.2 Å². The van der Waals surface area contributed by atoms with Crippen molar-refractivity contribution < 1.29 is 4.52 Å². The lowest BCUT2D eigenvalue weighted by Gasteiger charge is -2.01. The molecule has 0 spiro atoms. The minimum atomic E-state index is 0.578. The van der Waals surface area contributed by atoms with Crippen molar-refractivity contribution in [2.75, 3.05) is 7.05 Å². The molecule has 0 amide bonds. The zero-order chi connectivity index (χ0) is 12.3. The molecule has 2 aromatic rings. The molecular weight excluding hydrogens is 240 g/mol. The van der Waals surface area contributed by atoms with Crippen molar-refractivity contribution >= 4 is 11.8 Å². The van der Waals surface area contributed by atoms with Gasteiger partial charge in [0.2, 0.25) is 5.89 Å². The van der Waals surface area contributed by atoms with Gasteiger partial charge in [-0.05, 0) is 7.05 Å². The van der Waals surface area contributed by atoms with E-state index in [-0.39, 0.29) is 0 Å². The molecule has 2 aromatic heterocycles. The SMILES string of the molecule is CNCc1nnc(SCc2noc(C)n2)n1C. The Morgan fingerprint density at radius 2 is 2.24 bits per heavy atom. The van der Waals surface area contributed by atoms with Gasteiger partial charge in [0.15, 0.2) is 11.0 Å². The van der Waals surface area contributed by atoms with E-state index in [2.05, 4.69) is 25.7 Å². The third kappa shape index (κ3) is 2.83. The molecule has 1 N–H and O–H groups in total. The Kier molecular flexibility index (Phi) is 3.75. The molecule has 0 saturated heterocycles. The quantitative estimate of drug-likeness (QED) is 0.779. The summed E-state index contributed by atoms with van der Waals surface area (Å²) in [6.45, 7) is 2.47. The first-order chi connectivity index (χ1) is 8.20. The molecule has 0 bridgehead atoms. The minimum Gasteiger partial charge on any atom is -0.340 e. The molecule has 2 heterocycles. The molecule has 92 valence electrons. The van der Waals surface area contributed by atoms with Crippen LogP contribution in [0.25, 0.3) is 0 Å². The van der Waals surface area contributed by atoms with Crippen molar-refractivity contribution in [2.24, 2.45) is 7.05 Å². The zero-order valence-corrected chi connectivity index (χ0v) is 10.8. The van der Waals surface area contributed by atoms with E-state index in [0.29, 0.717) is 24.0 Å². The smallest absolute Gasteiger partial charge is 0.223 e. The Balaban J connectivity index is 1.99. The lowest BCUT2D eigenvalue weighted by atomic mass is 10.6. The summed E-state index contributed by atoms with van der Waals surface area (Å²) in [5, 5.41) is 15.9. The van der Waals surface area contributed by atoms with Crippen molar-refractivity contribution in [2.45, 2.75) is 24.4 Å². The Labute approximate surface area is 103 Å². The standard InChI is InChI=1S/C9H14N6OS/c1-6-11-7(14-16-6)5-17-9-13-12-8(4-10-2)15(9)3/h10H,4-5H2,1-3H3. The molecule has 0 radical (unpaired) electrons. The highest BCUT2D eigenvalue weighted by Crippen LogP contribution is 2.19. The number of aromatic nitrogens is 5. The Morgan fingerprint density at radius 3 is 2.88 bits per heavy atom. The normalized spacial score (nSPS) is 11.0. The third-order valence-corrected chi connectivity index (χ3v) is 3.18. The summed E-state index contributed by atoms with van der Waals surface area (Å²) in [7, 11) is 3.82. The van der Waals surface area contributed by atoms with Crippen molar-refractivity contribution in [3.8, 4) is 0 Å². The van der Waals surface area contributed by atoms with Crippen LogP contribution in [0.2, 0.25) is 0 Å². The lowest BCUT2D eigenvalue weighted by molar-refractivity contribution is 0.389. The number of nitrogens with zero attached hydrogens (tertiary/aromatic N) is 5. The molecule has 8 heteroatoms. The molecule has 0 aromatic carbocycles. The van der Waals surface area contributed by atoms with Gasteiger partial charge < -0.3 is 14.4 Å². The fourth-order valence-corrected chi connectivity index (χ4v) is 2.08. The van der Waals surface area contributed by atoms with Crippen LogP contribution < -0.4 is 5.32 Å². The Morgan fingerprint density at radius 1 is 1.41 bits per heavy atom. The molecule has 0 fully saturated rings. The summed E-state index contributed by atoms with van der Waals surface area (Å²) in [5.74, 6) is 2.78. The van der Waals surface area contributed by atoms with E-state index < -0.39 is 0 Å². The first kappa shape index (κ1) is 12.1. The van der Waals surface area contributed by atoms with Crippen LogP contribution in [0.5, 0.6) is 0 Å². The summed E-state index contributed by atoms with van der Waals surface area (Å²) < 4.78 is 6.85. The maximum atomic E-state index is 4.90. The van der Waals surface area contributed by atoms with E-state index in [1.54, 1.807) is 6.92 Å². The van der Waals surface area contributed by atoms with Crippen LogP contribution in [-0.2, 0) is 19.3 Å². The summed E-state index contributed by atoms with van der Waals surface area (Å²) >= 11 is 1.54. The predicted molar refractivity (Wildman–Crippen MR) is 62.4 cm³/mol. The summed E-state index contributed by atoms with van der Waals surface area (Å²) in [5.41, 5.74) is 0. The summed E-state index contributed by atoms with van der Waals surface area (Å²) in [6, 6.07) is 0. The van der Waals surface area contributed by atoms with Gasteiger partial charge >= 0.3 is 0 Å². The van der Waals surface area contributed by atoms with E-state index in [4.69, 9.17) is 4.52 Å². The van der Waals surface area contributed by atoms with Crippen LogP contribution in [0.4, 0.5) is 0 Å². The molecule has 0 unspecified atom stereocenters. The first-order valence-corrected chi connectivity index (χ1v) is 6.14. The molecule has 0 atom stereocenters. The van der Waals surface area contributed by atoms with Gasteiger partial charge in [0.25, 0.3) is 0 Å². The summed E-state index contributed by atoms with van der Waals surface area (Å²) in [6.07, 6.45) is 0.